The molecule has 0 unspecified atom stereocenters. The Morgan fingerprint density at radius 2 is 1.62 bits per heavy atom. The van der Waals surface area contributed by atoms with Gasteiger partial charge in [-0.1, -0.05) is 52.0 Å². The van der Waals surface area contributed by atoms with Crippen LogP contribution in [0.5, 0.6) is 0 Å². The first-order valence-corrected chi connectivity index (χ1v) is 8.17. The molecule has 3 heteroatoms. The van der Waals surface area contributed by atoms with Crippen molar-refractivity contribution in [3.63, 3.8) is 0 Å². The molecule has 0 fully saturated rings. The van der Waals surface area contributed by atoms with Crippen molar-refractivity contribution < 1.29 is 21.7 Å². The number of halogens is 2. The van der Waals surface area contributed by atoms with Crippen molar-refractivity contribution in [3.05, 3.63) is 70.8 Å². The van der Waals surface area contributed by atoms with Crippen LogP contribution < -0.4 is 0 Å². The van der Waals surface area contributed by atoms with Gasteiger partial charge < -0.3 is 0 Å². The molecule has 0 heterocycles. The molecule has 0 N–H and O–H groups in total. The topological polar surface area (TPSA) is 0 Å². The first-order chi connectivity index (χ1) is 10.3. The van der Waals surface area contributed by atoms with Gasteiger partial charge in [0.05, 0.1) is 0 Å². The van der Waals surface area contributed by atoms with Gasteiger partial charge in [0.2, 0.25) is 0 Å². The molecule has 1 aliphatic rings. The van der Waals surface area contributed by atoms with E-state index in [2.05, 4.69) is 62.4 Å². The molecule has 128 valence electrons. The predicted molar refractivity (Wildman–Crippen MR) is 113 cm³/mol. The molecule has 1 aliphatic carbocycles. The molecular formula is C21H26Br2Ti. The fourth-order valence-electron chi connectivity index (χ4n) is 3.41. The van der Waals surface area contributed by atoms with Gasteiger partial charge in [-0.15, -0.1) is 74.6 Å². The summed E-state index contributed by atoms with van der Waals surface area (Å²) in [6.07, 6.45) is 6.58. The summed E-state index contributed by atoms with van der Waals surface area (Å²) in [5, 5.41) is 2.78. The van der Waals surface area contributed by atoms with Crippen molar-refractivity contribution in [1.82, 2.24) is 0 Å². The van der Waals surface area contributed by atoms with Crippen molar-refractivity contribution in [2.75, 3.05) is 0 Å². The molecular weight excluding hydrogens is 460 g/mol. The van der Waals surface area contributed by atoms with E-state index in [1.165, 1.54) is 47.6 Å². The maximum absolute atomic E-state index is 2.30. The van der Waals surface area contributed by atoms with Gasteiger partial charge in [0.15, 0.2) is 0 Å². The van der Waals surface area contributed by atoms with Gasteiger partial charge >= 0.3 is 21.7 Å². The summed E-state index contributed by atoms with van der Waals surface area (Å²) in [4.78, 5) is 0. The van der Waals surface area contributed by atoms with Gasteiger partial charge in [-0.25, -0.2) is 6.07 Å². The maximum Gasteiger partial charge on any atom is 2.00 e. The second kappa shape index (κ2) is 11.5. The average molecular weight is 486 g/mol. The second-order valence-electron chi connectivity index (χ2n) is 6.03. The number of hydrogen-bond donors (Lipinski definition) is 0. The quantitative estimate of drug-likeness (QED) is 0.260. The van der Waals surface area contributed by atoms with Crippen LogP contribution in [0.15, 0.2) is 48.5 Å². The normalized spacial score (nSPS) is 11.9. The van der Waals surface area contributed by atoms with Crippen molar-refractivity contribution in [1.29, 1.82) is 0 Å². The van der Waals surface area contributed by atoms with E-state index in [1.807, 2.05) is 0 Å². The van der Waals surface area contributed by atoms with Gasteiger partial charge in [0.25, 0.3) is 0 Å². The molecule has 0 radical (unpaired) electrons. The third kappa shape index (κ3) is 5.43. The van der Waals surface area contributed by atoms with Crippen LogP contribution >= 0.6 is 34.0 Å². The summed E-state index contributed by atoms with van der Waals surface area (Å²) in [5.41, 5.74) is 6.23. The first-order valence-electron chi connectivity index (χ1n) is 8.17. The molecule has 0 saturated carbocycles. The molecule has 0 aliphatic heterocycles. The number of benzene rings is 1. The Labute approximate surface area is 182 Å². The minimum atomic E-state index is 0. The van der Waals surface area contributed by atoms with Gasteiger partial charge in [0, 0.05) is 0 Å². The van der Waals surface area contributed by atoms with Crippen molar-refractivity contribution >= 4 is 44.7 Å². The van der Waals surface area contributed by atoms with Crippen LogP contribution in [0.25, 0.3) is 10.8 Å². The molecule has 0 atom stereocenters. The largest absolute Gasteiger partial charge is 2.00 e. The SMILES string of the molecule is Br.Br.CC[c-]1ccc2ccccc21.C[c-]1ccc2c1CCCC2.[Ti+2]. The number of aryl methyl sites for hydroxylation is 3. The summed E-state index contributed by atoms with van der Waals surface area (Å²) in [6.45, 7) is 4.42. The second-order valence-corrected chi connectivity index (χ2v) is 6.03. The fourth-order valence-corrected chi connectivity index (χ4v) is 3.41. The van der Waals surface area contributed by atoms with E-state index < -0.39 is 0 Å². The molecule has 0 nitrogen and oxygen atoms in total. The summed E-state index contributed by atoms with van der Waals surface area (Å²) >= 11 is 0. The first kappa shape index (κ1) is 23.9. The zero-order valence-corrected chi connectivity index (χ0v) is 19.5. The van der Waals surface area contributed by atoms with E-state index in [-0.39, 0.29) is 55.7 Å². The summed E-state index contributed by atoms with van der Waals surface area (Å²) < 4.78 is 0. The van der Waals surface area contributed by atoms with Gasteiger partial charge in [0.1, 0.15) is 0 Å². The average Bonchev–Trinajstić information content (AvgIpc) is 3.12. The van der Waals surface area contributed by atoms with Gasteiger partial charge in [-0.05, 0) is 0 Å². The van der Waals surface area contributed by atoms with E-state index in [0.29, 0.717) is 0 Å². The van der Waals surface area contributed by atoms with Crippen molar-refractivity contribution in [3.8, 4) is 0 Å². The zero-order valence-electron chi connectivity index (χ0n) is 14.5. The van der Waals surface area contributed by atoms with Gasteiger partial charge in [-0.2, -0.15) is 28.8 Å². The Morgan fingerprint density at radius 1 is 0.917 bits per heavy atom. The van der Waals surface area contributed by atoms with Crippen LogP contribution in [0.2, 0.25) is 0 Å². The monoisotopic (exact) mass is 484 g/mol. The fraction of sp³-hybridized carbons (Fsp3) is 0.333. The molecule has 3 aromatic rings. The Kier molecular flexibility index (Phi) is 11.4. The molecule has 3 aromatic carbocycles. The molecule has 4 rings (SSSR count). The van der Waals surface area contributed by atoms with Gasteiger partial charge in [-0.3, -0.25) is 0 Å². The Balaban J connectivity index is 0.000000393. The standard InChI is InChI=1S/C11H11.C10H13.2BrH.Ti/c1-2-9-7-8-10-5-3-4-6-11(9)10;1-8-6-7-9-4-2-3-5-10(8)9;;;/h3-8H,2H2,1H3;6-7H,2-5H2,1H3;2*1H;/q2*-1;;;+2. The minimum Gasteiger partial charge on any atom is -0.210 e. The van der Waals surface area contributed by atoms with E-state index in [9.17, 15) is 0 Å². The summed E-state index contributed by atoms with van der Waals surface area (Å²) in [7, 11) is 0. The molecule has 0 spiro atoms. The Bertz CT molecular complexity index is 724. The third-order valence-electron chi connectivity index (χ3n) is 4.67. The van der Waals surface area contributed by atoms with E-state index in [0.717, 1.165) is 6.42 Å². The smallest absolute Gasteiger partial charge is 0.210 e. The van der Waals surface area contributed by atoms with E-state index >= 15 is 0 Å². The predicted octanol–water partition coefficient (Wildman–Crippen LogP) is 6.87. The molecule has 0 aromatic heterocycles. The van der Waals surface area contributed by atoms with Crippen molar-refractivity contribution in [2.24, 2.45) is 0 Å². The number of rotatable bonds is 1. The molecule has 24 heavy (non-hydrogen) atoms. The van der Waals surface area contributed by atoms with Crippen LogP contribution in [0.4, 0.5) is 0 Å². The minimum absolute atomic E-state index is 0. The van der Waals surface area contributed by atoms with Crippen LogP contribution in [0, 0.1) is 6.92 Å². The number of hydrogen-bond acceptors (Lipinski definition) is 0. The van der Waals surface area contributed by atoms with E-state index in [1.54, 1.807) is 11.1 Å². The van der Waals surface area contributed by atoms with Crippen LogP contribution in [-0.4, -0.2) is 0 Å². The maximum atomic E-state index is 2.30. The third-order valence-corrected chi connectivity index (χ3v) is 4.67. The molecule has 0 amide bonds. The Hall–Kier alpha value is -0.146. The number of fused-ring (bicyclic) bond motifs is 2. The molecule has 0 saturated heterocycles. The molecule has 0 bridgehead atoms. The van der Waals surface area contributed by atoms with Crippen molar-refractivity contribution in [2.45, 2.75) is 46.0 Å². The Morgan fingerprint density at radius 3 is 2.33 bits per heavy atom. The van der Waals surface area contributed by atoms with Crippen LogP contribution in [-0.2, 0) is 41.0 Å². The summed E-state index contributed by atoms with van der Waals surface area (Å²) in [5.74, 6) is 0. The van der Waals surface area contributed by atoms with Crippen LogP contribution in [0.1, 0.15) is 42.0 Å². The summed E-state index contributed by atoms with van der Waals surface area (Å²) in [6, 6.07) is 17.5. The van der Waals surface area contributed by atoms with E-state index in [4.69, 9.17) is 0 Å². The van der Waals surface area contributed by atoms with Crippen LogP contribution in [0.3, 0.4) is 0 Å². The zero-order chi connectivity index (χ0) is 14.7.